The molecule has 0 aliphatic heterocycles. The van der Waals surface area contributed by atoms with Crippen molar-refractivity contribution in [1.82, 2.24) is 0 Å². The van der Waals surface area contributed by atoms with Crippen molar-refractivity contribution in [2.75, 3.05) is 0 Å². The van der Waals surface area contributed by atoms with Gasteiger partial charge in [-0.3, -0.25) is 0 Å². The number of hydrogen-bond donors (Lipinski definition) is 0. The first-order valence-electron chi connectivity index (χ1n) is 5.49. The van der Waals surface area contributed by atoms with Crippen LogP contribution in [0.2, 0.25) is 0 Å². The zero-order chi connectivity index (χ0) is 14.0. The van der Waals surface area contributed by atoms with E-state index in [1.807, 2.05) is 0 Å². The van der Waals surface area contributed by atoms with E-state index in [9.17, 15) is 13.2 Å². The molecule has 0 spiro atoms. The van der Waals surface area contributed by atoms with Gasteiger partial charge < -0.3 is 0 Å². The van der Waals surface area contributed by atoms with Crippen molar-refractivity contribution >= 4 is 27.5 Å². The summed E-state index contributed by atoms with van der Waals surface area (Å²) in [6.45, 7) is 0. The third-order valence-corrected chi connectivity index (χ3v) is 3.52. The average Bonchev–Trinajstić information content (AvgIpc) is 2.31. The molecule has 100 valence electrons. The second-order valence-corrected chi connectivity index (χ2v) is 5.55. The van der Waals surface area contributed by atoms with Crippen molar-refractivity contribution in [3.63, 3.8) is 0 Å². The van der Waals surface area contributed by atoms with E-state index in [0.29, 0.717) is 15.6 Å². The summed E-state index contributed by atoms with van der Waals surface area (Å²) in [5.74, 6) is -1.71. The van der Waals surface area contributed by atoms with E-state index >= 15 is 0 Å². The van der Waals surface area contributed by atoms with Gasteiger partial charge in [-0.15, -0.1) is 11.6 Å². The van der Waals surface area contributed by atoms with Crippen LogP contribution in [0.25, 0.3) is 0 Å². The molecular formula is C14H9BrClF3. The summed E-state index contributed by atoms with van der Waals surface area (Å²) < 4.78 is 40.1. The minimum absolute atomic E-state index is 0.156. The highest BCUT2D eigenvalue weighted by molar-refractivity contribution is 9.10. The third-order valence-electron chi connectivity index (χ3n) is 2.66. The Morgan fingerprint density at radius 3 is 2.37 bits per heavy atom. The Kier molecular flexibility index (Phi) is 4.53. The van der Waals surface area contributed by atoms with E-state index in [1.54, 1.807) is 6.07 Å². The van der Waals surface area contributed by atoms with Gasteiger partial charge in [-0.05, 0) is 41.8 Å². The van der Waals surface area contributed by atoms with Gasteiger partial charge in [-0.25, -0.2) is 13.2 Å². The summed E-state index contributed by atoms with van der Waals surface area (Å²) in [6, 6.07) is 7.59. The summed E-state index contributed by atoms with van der Waals surface area (Å²) in [4.78, 5) is 0. The molecule has 0 heterocycles. The molecule has 2 rings (SSSR count). The van der Waals surface area contributed by atoms with Crippen LogP contribution in [-0.4, -0.2) is 0 Å². The highest BCUT2D eigenvalue weighted by Gasteiger charge is 2.14. The van der Waals surface area contributed by atoms with Crippen molar-refractivity contribution in [3.05, 3.63) is 69.4 Å². The van der Waals surface area contributed by atoms with Crippen LogP contribution in [0.1, 0.15) is 16.5 Å². The molecule has 2 aromatic carbocycles. The van der Waals surface area contributed by atoms with Crippen LogP contribution in [0.15, 0.2) is 40.9 Å². The molecule has 0 saturated heterocycles. The lowest BCUT2D eigenvalue weighted by atomic mass is 10.0. The van der Waals surface area contributed by atoms with Crippen LogP contribution in [0, 0.1) is 17.5 Å². The lowest BCUT2D eigenvalue weighted by molar-refractivity contribution is 0.570. The zero-order valence-electron chi connectivity index (χ0n) is 9.64. The Morgan fingerprint density at radius 2 is 1.74 bits per heavy atom. The fourth-order valence-corrected chi connectivity index (χ4v) is 2.53. The molecule has 5 heteroatoms. The zero-order valence-corrected chi connectivity index (χ0v) is 12.0. The van der Waals surface area contributed by atoms with E-state index in [-0.39, 0.29) is 6.42 Å². The predicted molar refractivity (Wildman–Crippen MR) is 72.8 cm³/mol. The Bertz CT molecular complexity index is 581. The van der Waals surface area contributed by atoms with Gasteiger partial charge in [0.05, 0.1) is 5.38 Å². The lowest BCUT2D eigenvalue weighted by Gasteiger charge is -2.11. The third kappa shape index (κ3) is 3.74. The molecule has 1 unspecified atom stereocenters. The topological polar surface area (TPSA) is 0 Å². The summed E-state index contributed by atoms with van der Waals surface area (Å²) in [5.41, 5.74) is 0.832. The molecule has 2 aromatic rings. The normalized spacial score (nSPS) is 12.5. The number of hydrogen-bond acceptors (Lipinski definition) is 0. The molecule has 0 amide bonds. The van der Waals surface area contributed by atoms with Crippen molar-refractivity contribution in [1.29, 1.82) is 0 Å². The van der Waals surface area contributed by atoms with Crippen molar-refractivity contribution in [2.45, 2.75) is 11.8 Å². The van der Waals surface area contributed by atoms with Gasteiger partial charge in [-0.1, -0.05) is 22.0 Å². The molecule has 0 N–H and O–H groups in total. The highest BCUT2D eigenvalue weighted by Crippen LogP contribution is 2.29. The molecule has 0 aliphatic carbocycles. The van der Waals surface area contributed by atoms with Crippen LogP contribution in [0.3, 0.4) is 0 Å². The average molecular weight is 350 g/mol. The largest absolute Gasteiger partial charge is 0.207 e. The molecule has 0 saturated carbocycles. The van der Waals surface area contributed by atoms with Crippen LogP contribution >= 0.6 is 27.5 Å². The Balaban J connectivity index is 2.22. The van der Waals surface area contributed by atoms with Gasteiger partial charge in [0.1, 0.15) is 17.5 Å². The molecule has 0 aliphatic rings. The van der Waals surface area contributed by atoms with Crippen molar-refractivity contribution in [2.24, 2.45) is 0 Å². The molecule has 0 nitrogen and oxygen atoms in total. The number of rotatable bonds is 3. The van der Waals surface area contributed by atoms with E-state index in [0.717, 1.165) is 6.07 Å². The van der Waals surface area contributed by atoms with E-state index in [1.165, 1.54) is 24.3 Å². The fourth-order valence-electron chi connectivity index (χ4n) is 1.75. The molecule has 0 fully saturated rings. The number of halogens is 5. The standard InChI is InChI=1S/C14H9BrClF3/c15-10-3-9(4-12(18)6-10)13(16)5-8-1-2-11(17)7-14(8)19/h1-4,6-7,13H,5H2. The molecule has 0 aromatic heterocycles. The quantitative estimate of drug-likeness (QED) is 0.652. The van der Waals surface area contributed by atoms with E-state index in [4.69, 9.17) is 11.6 Å². The molecule has 0 bridgehead atoms. The highest BCUT2D eigenvalue weighted by atomic mass is 79.9. The van der Waals surface area contributed by atoms with Crippen molar-refractivity contribution in [3.8, 4) is 0 Å². The number of benzene rings is 2. The Hall–Kier alpha value is -1.00. The minimum atomic E-state index is -0.652. The first-order valence-corrected chi connectivity index (χ1v) is 6.72. The fraction of sp³-hybridized carbons (Fsp3) is 0.143. The second-order valence-electron chi connectivity index (χ2n) is 4.11. The minimum Gasteiger partial charge on any atom is -0.207 e. The van der Waals surface area contributed by atoms with Gasteiger partial charge in [0.15, 0.2) is 0 Å². The van der Waals surface area contributed by atoms with Crippen LogP contribution in [0.5, 0.6) is 0 Å². The number of alkyl halides is 1. The van der Waals surface area contributed by atoms with E-state index in [2.05, 4.69) is 15.9 Å². The van der Waals surface area contributed by atoms with Crippen LogP contribution in [0.4, 0.5) is 13.2 Å². The van der Waals surface area contributed by atoms with Crippen LogP contribution < -0.4 is 0 Å². The van der Waals surface area contributed by atoms with Gasteiger partial charge in [0, 0.05) is 10.5 Å². The first kappa shape index (κ1) is 14.4. The molecule has 0 radical (unpaired) electrons. The summed E-state index contributed by atoms with van der Waals surface area (Å²) >= 11 is 9.32. The summed E-state index contributed by atoms with van der Waals surface area (Å²) in [6.07, 6.45) is 0.156. The lowest BCUT2D eigenvalue weighted by Crippen LogP contribution is -2.00. The SMILES string of the molecule is Fc1cc(Br)cc(C(Cl)Cc2ccc(F)cc2F)c1. The van der Waals surface area contributed by atoms with Gasteiger partial charge in [0.25, 0.3) is 0 Å². The maximum atomic E-state index is 13.5. The summed E-state index contributed by atoms with van der Waals surface area (Å²) in [5, 5.41) is -0.591. The molecule has 1 atom stereocenters. The predicted octanol–water partition coefficient (Wildman–Crippen LogP) is 5.39. The summed E-state index contributed by atoms with van der Waals surface area (Å²) in [7, 11) is 0. The monoisotopic (exact) mass is 348 g/mol. The Morgan fingerprint density at radius 1 is 1.00 bits per heavy atom. The molecular weight excluding hydrogens is 341 g/mol. The smallest absolute Gasteiger partial charge is 0.129 e. The first-order chi connectivity index (χ1) is 8.95. The second kappa shape index (κ2) is 5.97. The van der Waals surface area contributed by atoms with Crippen LogP contribution in [-0.2, 0) is 6.42 Å². The maximum Gasteiger partial charge on any atom is 0.129 e. The van der Waals surface area contributed by atoms with Gasteiger partial charge >= 0.3 is 0 Å². The molecule has 19 heavy (non-hydrogen) atoms. The van der Waals surface area contributed by atoms with E-state index < -0.39 is 22.8 Å². The van der Waals surface area contributed by atoms with Crippen molar-refractivity contribution < 1.29 is 13.2 Å². The van der Waals surface area contributed by atoms with Gasteiger partial charge in [-0.2, -0.15) is 0 Å². The Labute approximate surface area is 122 Å². The maximum absolute atomic E-state index is 13.5. The van der Waals surface area contributed by atoms with Gasteiger partial charge in [0.2, 0.25) is 0 Å².